The Morgan fingerprint density at radius 1 is 1.55 bits per heavy atom. The van der Waals surface area contributed by atoms with Crippen molar-refractivity contribution in [3.8, 4) is 5.75 Å². The summed E-state index contributed by atoms with van der Waals surface area (Å²) in [5.74, 6) is -0.507. The molecule has 0 radical (unpaired) electrons. The summed E-state index contributed by atoms with van der Waals surface area (Å²) < 4.78 is 19.1. The van der Waals surface area contributed by atoms with Crippen molar-refractivity contribution in [3.05, 3.63) is 28.1 Å². The lowest BCUT2D eigenvalue weighted by molar-refractivity contribution is -0.385. The van der Waals surface area contributed by atoms with Crippen LogP contribution in [0.25, 0.3) is 0 Å². The largest absolute Gasteiger partial charge is 0.490 e. The van der Waals surface area contributed by atoms with Gasteiger partial charge in [0.25, 0.3) is 0 Å². The van der Waals surface area contributed by atoms with E-state index in [1.54, 1.807) is 0 Å². The lowest BCUT2D eigenvalue weighted by Crippen LogP contribution is -2.44. The first-order valence-electron chi connectivity index (χ1n) is 6.51. The molecule has 1 aromatic rings. The molecule has 1 saturated heterocycles. The van der Waals surface area contributed by atoms with Gasteiger partial charge in [-0.05, 0) is 19.9 Å². The van der Waals surface area contributed by atoms with Crippen LogP contribution in [0.15, 0.2) is 12.1 Å². The number of nitrogens with one attached hydrogen (secondary N) is 1. The highest BCUT2D eigenvalue weighted by molar-refractivity contribution is 5.60. The Kier molecular flexibility index (Phi) is 4.39. The molecule has 1 fully saturated rings. The van der Waals surface area contributed by atoms with Crippen LogP contribution in [0.1, 0.15) is 12.8 Å². The van der Waals surface area contributed by atoms with Crippen molar-refractivity contribution in [2.45, 2.75) is 18.9 Å². The lowest BCUT2D eigenvalue weighted by atomic mass is 10.0. The number of nitrogens with zero attached hydrogens (tertiary/aromatic N) is 2. The predicted octanol–water partition coefficient (Wildman–Crippen LogP) is 1.93. The van der Waals surface area contributed by atoms with Crippen molar-refractivity contribution in [1.82, 2.24) is 5.32 Å². The van der Waals surface area contributed by atoms with Gasteiger partial charge in [0.15, 0.2) is 11.6 Å². The summed E-state index contributed by atoms with van der Waals surface area (Å²) in [6.45, 7) is 1.41. The van der Waals surface area contributed by atoms with Crippen molar-refractivity contribution < 1.29 is 14.1 Å². The number of halogens is 1. The Labute approximate surface area is 116 Å². The first-order chi connectivity index (χ1) is 9.56. The van der Waals surface area contributed by atoms with E-state index in [4.69, 9.17) is 4.74 Å². The number of nitro groups is 1. The number of benzene rings is 1. The van der Waals surface area contributed by atoms with E-state index < -0.39 is 10.7 Å². The Bertz CT molecular complexity index is 510. The van der Waals surface area contributed by atoms with Crippen LogP contribution in [0.5, 0.6) is 5.75 Å². The number of methoxy groups -OCH3 is 1. The van der Waals surface area contributed by atoms with Gasteiger partial charge in [0.2, 0.25) is 0 Å². The molecular weight excluding hydrogens is 265 g/mol. The second kappa shape index (κ2) is 6.04. The van der Waals surface area contributed by atoms with Crippen molar-refractivity contribution in [2.75, 3.05) is 32.1 Å². The third kappa shape index (κ3) is 2.82. The van der Waals surface area contributed by atoms with Crippen LogP contribution in [0.3, 0.4) is 0 Å². The normalized spacial score (nSPS) is 18.9. The molecule has 1 aliphatic heterocycles. The standard InChI is InChI=1S/C13H18FN3O3/c1-15-9-4-3-5-16(8-9)11-7-13(20-2)12(17(18)19)6-10(11)14/h6-7,9,15H,3-5,8H2,1-2H3. The molecule has 0 aromatic heterocycles. The highest BCUT2D eigenvalue weighted by Crippen LogP contribution is 2.35. The smallest absolute Gasteiger partial charge is 0.313 e. The summed E-state index contributed by atoms with van der Waals surface area (Å²) in [7, 11) is 3.22. The van der Waals surface area contributed by atoms with E-state index in [1.165, 1.54) is 13.2 Å². The molecule has 6 nitrogen and oxygen atoms in total. The Balaban J connectivity index is 2.34. The zero-order valence-electron chi connectivity index (χ0n) is 11.6. The molecule has 0 saturated carbocycles. The van der Waals surface area contributed by atoms with Gasteiger partial charge >= 0.3 is 5.69 Å². The van der Waals surface area contributed by atoms with Gasteiger partial charge in [0, 0.05) is 25.2 Å². The number of nitro benzene ring substituents is 1. The molecule has 1 aliphatic rings. The fraction of sp³-hybridized carbons (Fsp3) is 0.538. The number of hydrogen-bond donors (Lipinski definition) is 1. The van der Waals surface area contributed by atoms with Crippen LogP contribution in [-0.4, -0.2) is 38.2 Å². The summed E-state index contributed by atoms with van der Waals surface area (Å²) >= 11 is 0. The summed E-state index contributed by atoms with van der Waals surface area (Å²) in [5, 5.41) is 14.0. The first kappa shape index (κ1) is 14.5. The number of hydrogen-bond acceptors (Lipinski definition) is 5. The van der Waals surface area contributed by atoms with Crippen LogP contribution in [0, 0.1) is 15.9 Å². The fourth-order valence-electron chi connectivity index (χ4n) is 2.51. The second-order valence-electron chi connectivity index (χ2n) is 4.81. The average Bonchev–Trinajstić information content (AvgIpc) is 2.46. The second-order valence-corrected chi connectivity index (χ2v) is 4.81. The number of piperidine rings is 1. The van der Waals surface area contributed by atoms with Gasteiger partial charge in [-0.2, -0.15) is 0 Å². The molecule has 1 heterocycles. The average molecular weight is 283 g/mol. The monoisotopic (exact) mass is 283 g/mol. The third-order valence-corrected chi connectivity index (χ3v) is 3.62. The zero-order valence-corrected chi connectivity index (χ0v) is 11.6. The van der Waals surface area contributed by atoms with E-state index >= 15 is 0 Å². The zero-order chi connectivity index (χ0) is 14.7. The molecule has 0 amide bonds. The highest BCUT2D eigenvalue weighted by Gasteiger charge is 2.25. The number of anilines is 1. The molecule has 0 aliphatic carbocycles. The van der Waals surface area contributed by atoms with Crippen molar-refractivity contribution in [1.29, 1.82) is 0 Å². The molecular formula is C13H18FN3O3. The minimum atomic E-state index is -0.641. The summed E-state index contributed by atoms with van der Waals surface area (Å²) in [4.78, 5) is 12.1. The van der Waals surface area contributed by atoms with Gasteiger partial charge in [0.05, 0.1) is 23.8 Å². The maximum absolute atomic E-state index is 14.1. The first-order valence-corrected chi connectivity index (χ1v) is 6.51. The molecule has 7 heteroatoms. The molecule has 2 rings (SSSR count). The maximum Gasteiger partial charge on any atom is 0.313 e. The number of likely N-dealkylation sites (N-methyl/N-ethyl adjacent to an activating group) is 1. The Morgan fingerprint density at radius 3 is 2.90 bits per heavy atom. The van der Waals surface area contributed by atoms with Gasteiger partial charge in [-0.25, -0.2) is 4.39 Å². The minimum Gasteiger partial charge on any atom is -0.490 e. The van der Waals surface area contributed by atoms with E-state index in [0.717, 1.165) is 25.5 Å². The fourth-order valence-corrected chi connectivity index (χ4v) is 2.51. The molecule has 0 bridgehead atoms. The number of rotatable bonds is 4. The molecule has 0 spiro atoms. The Morgan fingerprint density at radius 2 is 2.30 bits per heavy atom. The van der Waals surface area contributed by atoms with Crippen molar-refractivity contribution in [3.63, 3.8) is 0 Å². The van der Waals surface area contributed by atoms with Crippen molar-refractivity contribution in [2.24, 2.45) is 0 Å². The van der Waals surface area contributed by atoms with E-state index in [0.29, 0.717) is 18.3 Å². The highest BCUT2D eigenvalue weighted by atomic mass is 19.1. The predicted molar refractivity (Wildman–Crippen MR) is 73.9 cm³/mol. The van der Waals surface area contributed by atoms with Gasteiger partial charge in [-0.1, -0.05) is 0 Å². The SMILES string of the molecule is CNC1CCCN(c2cc(OC)c([N+](=O)[O-])cc2F)C1. The quantitative estimate of drug-likeness (QED) is 0.675. The molecule has 1 N–H and O–H groups in total. The van der Waals surface area contributed by atoms with Gasteiger partial charge in [-0.3, -0.25) is 10.1 Å². The Hall–Kier alpha value is -1.89. The topological polar surface area (TPSA) is 67.6 Å². The third-order valence-electron chi connectivity index (χ3n) is 3.62. The number of ether oxygens (including phenoxy) is 1. The van der Waals surface area contributed by atoms with Crippen LogP contribution >= 0.6 is 0 Å². The molecule has 1 aromatic carbocycles. The minimum absolute atomic E-state index is 0.0815. The maximum atomic E-state index is 14.1. The molecule has 1 atom stereocenters. The molecule has 20 heavy (non-hydrogen) atoms. The van der Waals surface area contributed by atoms with E-state index in [9.17, 15) is 14.5 Å². The summed E-state index contributed by atoms with van der Waals surface area (Å²) in [6.07, 6.45) is 1.99. The van der Waals surface area contributed by atoms with Crippen LogP contribution in [0.4, 0.5) is 15.8 Å². The van der Waals surface area contributed by atoms with Crippen molar-refractivity contribution >= 4 is 11.4 Å². The molecule has 1 unspecified atom stereocenters. The van der Waals surface area contributed by atoms with Gasteiger partial charge < -0.3 is 15.0 Å². The summed E-state index contributed by atoms with van der Waals surface area (Å²) in [6, 6.07) is 2.63. The lowest BCUT2D eigenvalue weighted by Gasteiger charge is -2.34. The van der Waals surface area contributed by atoms with E-state index in [-0.39, 0.29) is 11.4 Å². The van der Waals surface area contributed by atoms with Crippen LogP contribution in [-0.2, 0) is 0 Å². The van der Waals surface area contributed by atoms with Gasteiger partial charge in [0.1, 0.15) is 0 Å². The van der Waals surface area contributed by atoms with Gasteiger partial charge in [-0.15, -0.1) is 0 Å². The van der Waals surface area contributed by atoms with E-state index in [1.807, 2.05) is 11.9 Å². The summed E-state index contributed by atoms with van der Waals surface area (Å²) in [5.41, 5.74) is 0.00308. The van der Waals surface area contributed by atoms with Crippen LogP contribution < -0.4 is 15.0 Å². The van der Waals surface area contributed by atoms with Crippen LogP contribution in [0.2, 0.25) is 0 Å². The van der Waals surface area contributed by atoms with E-state index in [2.05, 4.69) is 5.32 Å². The molecule has 110 valence electrons.